The molecule has 0 radical (unpaired) electrons. The Kier molecular flexibility index (Phi) is 9.94. The van der Waals surface area contributed by atoms with E-state index in [-0.39, 0.29) is 31.0 Å². The summed E-state index contributed by atoms with van der Waals surface area (Å²) in [4.78, 5) is 35.2. The molecule has 5 aromatic rings. The van der Waals surface area contributed by atoms with E-state index in [1.165, 1.54) is 18.3 Å². The van der Waals surface area contributed by atoms with Crippen molar-refractivity contribution in [2.75, 3.05) is 27.3 Å². The molecule has 1 aliphatic heterocycles. The number of methoxy groups -OCH3 is 2. The predicted octanol–water partition coefficient (Wildman–Crippen LogP) is 8.24. The Morgan fingerprint density at radius 3 is 2.34 bits per heavy atom. The first-order chi connectivity index (χ1) is 24.0. The number of para-hydroxylation sites is 1. The standard InChI is InChI=1S/C39H36F3N3O5/c1-25(31-21-44(22-31)38(47)50-24-26-8-5-4-6-9-26)45(23-29-14-17-33(48-2)19-35(29)49-3)37(46)30-18-28-10-7-11-34(36(28)43-20-30)27-12-15-32(16-13-27)39(40,41)42/h4-20,25,31H,21-24H2,1-3H3. The van der Waals surface area contributed by atoms with Gasteiger partial charge in [0.1, 0.15) is 18.1 Å². The average molecular weight is 684 g/mol. The third kappa shape index (κ3) is 7.36. The maximum Gasteiger partial charge on any atom is 0.416 e. The van der Waals surface area contributed by atoms with Crippen molar-refractivity contribution in [3.63, 3.8) is 0 Å². The highest BCUT2D eigenvalue weighted by Gasteiger charge is 2.39. The number of likely N-dealkylation sites (tertiary alicyclic amines) is 1. The Morgan fingerprint density at radius 2 is 1.66 bits per heavy atom. The lowest BCUT2D eigenvalue weighted by molar-refractivity contribution is -0.137. The van der Waals surface area contributed by atoms with Crippen molar-refractivity contribution in [3.8, 4) is 22.6 Å². The van der Waals surface area contributed by atoms with E-state index >= 15 is 0 Å². The molecule has 0 aliphatic carbocycles. The molecule has 0 spiro atoms. The molecule has 50 heavy (non-hydrogen) atoms. The number of ether oxygens (including phenoxy) is 3. The van der Waals surface area contributed by atoms with Gasteiger partial charge in [-0.15, -0.1) is 0 Å². The number of alkyl halides is 3. The number of amides is 2. The summed E-state index contributed by atoms with van der Waals surface area (Å²) in [5, 5.41) is 0.666. The van der Waals surface area contributed by atoms with Gasteiger partial charge >= 0.3 is 12.3 Å². The number of pyridine rings is 1. The van der Waals surface area contributed by atoms with Crippen molar-refractivity contribution >= 4 is 22.9 Å². The van der Waals surface area contributed by atoms with Gasteiger partial charge in [-0.3, -0.25) is 9.78 Å². The molecule has 0 saturated carbocycles. The monoisotopic (exact) mass is 683 g/mol. The molecule has 0 bridgehead atoms. The Balaban J connectivity index is 1.25. The Bertz CT molecular complexity index is 1980. The van der Waals surface area contributed by atoms with E-state index in [9.17, 15) is 22.8 Å². The minimum absolute atomic E-state index is 0.0212. The van der Waals surface area contributed by atoms with Crippen molar-refractivity contribution in [1.82, 2.24) is 14.8 Å². The smallest absolute Gasteiger partial charge is 0.416 e. The molecule has 8 nitrogen and oxygen atoms in total. The SMILES string of the molecule is COc1ccc(CN(C(=O)c2cnc3c(-c4ccc(C(F)(F)F)cc4)cccc3c2)C(C)C2CN(C(=O)OCc3ccccc3)C2)c(OC)c1. The number of fused-ring (bicyclic) bond motifs is 1. The van der Waals surface area contributed by atoms with E-state index in [2.05, 4.69) is 4.98 Å². The van der Waals surface area contributed by atoms with Crippen LogP contribution in [0.4, 0.5) is 18.0 Å². The van der Waals surface area contributed by atoms with Crippen molar-refractivity contribution < 1.29 is 37.0 Å². The predicted molar refractivity (Wildman–Crippen MR) is 183 cm³/mol. The summed E-state index contributed by atoms with van der Waals surface area (Å²) in [7, 11) is 3.12. The zero-order valence-corrected chi connectivity index (χ0v) is 27.8. The highest BCUT2D eigenvalue weighted by molar-refractivity contribution is 6.00. The Labute approximate surface area is 288 Å². The number of hydrogen-bond acceptors (Lipinski definition) is 6. The van der Waals surface area contributed by atoms with Crippen LogP contribution in [-0.4, -0.2) is 60.1 Å². The van der Waals surface area contributed by atoms with E-state index in [0.717, 1.165) is 23.3 Å². The number of nitrogens with zero attached hydrogens (tertiary/aromatic N) is 3. The van der Waals surface area contributed by atoms with Crippen LogP contribution in [0.2, 0.25) is 0 Å². The highest BCUT2D eigenvalue weighted by Crippen LogP contribution is 2.34. The topological polar surface area (TPSA) is 81.2 Å². The van der Waals surface area contributed by atoms with Crippen LogP contribution < -0.4 is 9.47 Å². The van der Waals surface area contributed by atoms with Gasteiger partial charge in [0.05, 0.1) is 30.9 Å². The molecule has 258 valence electrons. The molecule has 4 aromatic carbocycles. The minimum atomic E-state index is -4.44. The number of hydrogen-bond donors (Lipinski definition) is 0. The summed E-state index contributed by atoms with van der Waals surface area (Å²) in [6.07, 6.45) is -3.35. The number of benzene rings is 4. The molecule has 1 aromatic heterocycles. The van der Waals surface area contributed by atoms with Gasteiger partial charge < -0.3 is 24.0 Å². The van der Waals surface area contributed by atoms with E-state index in [1.807, 2.05) is 49.4 Å². The summed E-state index contributed by atoms with van der Waals surface area (Å²) in [6, 6.07) is 26.7. The van der Waals surface area contributed by atoms with Crippen LogP contribution in [0.5, 0.6) is 11.5 Å². The molecular formula is C39H36F3N3O5. The number of aromatic nitrogens is 1. The molecule has 1 unspecified atom stereocenters. The van der Waals surface area contributed by atoms with Crippen LogP contribution >= 0.6 is 0 Å². The van der Waals surface area contributed by atoms with Gasteiger partial charge in [0.15, 0.2) is 0 Å². The van der Waals surface area contributed by atoms with Crippen molar-refractivity contribution in [2.24, 2.45) is 5.92 Å². The Morgan fingerprint density at radius 1 is 0.920 bits per heavy atom. The van der Waals surface area contributed by atoms with Gasteiger partial charge in [0.25, 0.3) is 5.91 Å². The van der Waals surface area contributed by atoms with Crippen LogP contribution in [0, 0.1) is 5.92 Å². The van der Waals surface area contributed by atoms with Gasteiger partial charge in [0, 0.05) is 60.4 Å². The van der Waals surface area contributed by atoms with Gasteiger partial charge in [-0.25, -0.2) is 4.79 Å². The number of carbonyl (C=O) groups excluding carboxylic acids is 2. The number of halogens is 3. The lowest BCUT2D eigenvalue weighted by Crippen LogP contribution is -2.58. The molecule has 1 saturated heterocycles. The Hall–Kier alpha value is -5.58. The van der Waals surface area contributed by atoms with E-state index in [0.29, 0.717) is 52.2 Å². The fourth-order valence-electron chi connectivity index (χ4n) is 6.11. The summed E-state index contributed by atoms with van der Waals surface area (Å²) in [5.74, 6) is 0.886. The van der Waals surface area contributed by atoms with E-state index in [4.69, 9.17) is 14.2 Å². The second kappa shape index (κ2) is 14.5. The fraction of sp³-hybridized carbons (Fsp3) is 0.256. The average Bonchev–Trinajstić information content (AvgIpc) is 3.11. The third-order valence-corrected chi connectivity index (χ3v) is 9.12. The second-order valence-electron chi connectivity index (χ2n) is 12.2. The summed E-state index contributed by atoms with van der Waals surface area (Å²) in [5.41, 5.74) is 3.07. The first-order valence-electron chi connectivity index (χ1n) is 16.1. The fourth-order valence-corrected chi connectivity index (χ4v) is 6.11. The number of carbonyl (C=O) groups is 2. The molecule has 2 amide bonds. The molecule has 11 heteroatoms. The van der Waals surface area contributed by atoms with E-state index < -0.39 is 17.8 Å². The summed E-state index contributed by atoms with van der Waals surface area (Å²) in [6.45, 7) is 3.19. The summed E-state index contributed by atoms with van der Waals surface area (Å²) < 4.78 is 56.0. The molecule has 1 fully saturated rings. The van der Waals surface area contributed by atoms with Crippen molar-refractivity contribution in [3.05, 3.63) is 126 Å². The highest BCUT2D eigenvalue weighted by atomic mass is 19.4. The van der Waals surface area contributed by atoms with Crippen LogP contribution in [0.25, 0.3) is 22.0 Å². The quantitative estimate of drug-likeness (QED) is 0.148. The van der Waals surface area contributed by atoms with Crippen molar-refractivity contribution in [2.45, 2.75) is 32.3 Å². The second-order valence-corrected chi connectivity index (χ2v) is 12.2. The first-order valence-corrected chi connectivity index (χ1v) is 16.1. The number of rotatable bonds is 10. The third-order valence-electron chi connectivity index (χ3n) is 9.12. The zero-order chi connectivity index (χ0) is 35.4. The lowest BCUT2D eigenvalue weighted by atomic mass is 9.91. The van der Waals surface area contributed by atoms with Crippen LogP contribution in [0.1, 0.15) is 34.0 Å². The molecule has 1 atom stereocenters. The maximum atomic E-state index is 14.4. The molecule has 2 heterocycles. The van der Waals surface area contributed by atoms with Gasteiger partial charge in [0.2, 0.25) is 0 Å². The van der Waals surface area contributed by atoms with Gasteiger partial charge in [-0.05, 0) is 48.4 Å². The van der Waals surface area contributed by atoms with Crippen molar-refractivity contribution in [1.29, 1.82) is 0 Å². The maximum absolute atomic E-state index is 14.4. The summed E-state index contributed by atoms with van der Waals surface area (Å²) >= 11 is 0. The minimum Gasteiger partial charge on any atom is -0.497 e. The zero-order valence-electron chi connectivity index (χ0n) is 27.8. The molecule has 1 aliphatic rings. The first kappa shape index (κ1) is 34.3. The van der Waals surface area contributed by atoms with Gasteiger partial charge in [-0.2, -0.15) is 13.2 Å². The normalized spacial score (nSPS) is 13.8. The van der Waals surface area contributed by atoms with Gasteiger partial charge in [-0.1, -0.05) is 60.7 Å². The van der Waals surface area contributed by atoms with Crippen LogP contribution in [0.15, 0.2) is 103 Å². The molecular weight excluding hydrogens is 647 g/mol. The largest absolute Gasteiger partial charge is 0.497 e. The van der Waals surface area contributed by atoms with E-state index in [1.54, 1.807) is 54.4 Å². The molecule has 0 N–H and O–H groups in total. The lowest BCUT2D eigenvalue weighted by Gasteiger charge is -2.45. The molecule has 6 rings (SSSR count). The van der Waals surface area contributed by atoms with Crippen LogP contribution in [0.3, 0.4) is 0 Å². The van der Waals surface area contributed by atoms with Crippen LogP contribution in [-0.2, 0) is 24.1 Å².